The second-order valence-electron chi connectivity index (χ2n) is 5.95. The van der Waals surface area contributed by atoms with E-state index in [9.17, 15) is 17.2 Å². The molecule has 0 radical (unpaired) electrons. The van der Waals surface area contributed by atoms with Crippen LogP contribution in [0.2, 0.25) is 0 Å². The highest BCUT2D eigenvalue weighted by Crippen LogP contribution is 2.34. The number of benzene rings is 1. The monoisotopic (exact) mass is 355 g/mol. The minimum atomic E-state index is -3.88. The lowest BCUT2D eigenvalue weighted by Crippen LogP contribution is -2.27. The maximum atomic E-state index is 13.0. The van der Waals surface area contributed by atoms with Gasteiger partial charge in [-0.25, -0.2) is 8.78 Å². The summed E-state index contributed by atoms with van der Waals surface area (Å²) in [4.78, 5) is 3.40. The van der Waals surface area contributed by atoms with Gasteiger partial charge in [-0.2, -0.15) is 23.1 Å². The molecule has 0 spiro atoms. The zero-order valence-electron chi connectivity index (χ0n) is 13.0. The molecule has 1 aliphatic carbocycles. The van der Waals surface area contributed by atoms with E-state index >= 15 is 0 Å². The van der Waals surface area contributed by atoms with Gasteiger partial charge in [-0.15, -0.1) is 0 Å². The lowest BCUT2D eigenvalue weighted by molar-refractivity contribution is 0.145. The van der Waals surface area contributed by atoms with Crippen LogP contribution in [-0.2, 0) is 10.0 Å². The van der Waals surface area contributed by atoms with E-state index < -0.39 is 22.1 Å². The Morgan fingerprint density at radius 3 is 2.42 bits per heavy atom. The fourth-order valence-corrected chi connectivity index (χ4v) is 4.04. The molecule has 8 heteroatoms. The largest absolute Gasteiger partial charge is 0.282 e. The third kappa shape index (κ3) is 3.58. The van der Waals surface area contributed by atoms with Gasteiger partial charge in [0.25, 0.3) is 16.4 Å². The Morgan fingerprint density at radius 1 is 1.12 bits per heavy atom. The number of hydrogen-bond donors (Lipinski definition) is 1. The van der Waals surface area contributed by atoms with Crippen LogP contribution in [0.15, 0.2) is 41.3 Å². The summed E-state index contributed by atoms with van der Waals surface area (Å²) in [6.07, 6.45) is 2.08. The van der Waals surface area contributed by atoms with Gasteiger partial charge in [0, 0.05) is 5.92 Å². The van der Waals surface area contributed by atoms with E-state index in [1.807, 2.05) is 0 Å². The number of hydrogen-bond acceptors (Lipinski definition) is 3. The molecule has 1 aliphatic rings. The van der Waals surface area contributed by atoms with Crippen LogP contribution in [0.3, 0.4) is 0 Å². The van der Waals surface area contributed by atoms with E-state index in [4.69, 9.17) is 0 Å². The Balaban J connectivity index is 1.94. The van der Waals surface area contributed by atoms with E-state index in [0.29, 0.717) is 5.69 Å². The summed E-state index contributed by atoms with van der Waals surface area (Å²) in [6.45, 7) is 0. The molecule has 1 aromatic carbocycles. The average molecular weight is 355 g/mol. The van der Waals surface area contributed by atoms with Gasteiger partial charge in [0.1, 0.15) is 5.69 Å². The summed E-state index contributed by atoms with van der Waals surface area (Å²) in [5, 5.41) is 3.77. The fraction of sp³-hybridized carbons (Fsp3) is 0.438. The van der Waals surface area contributed by atoms with Gasteiger partial charge in [-0.3, -0.25) is 0 Å². The number of halogens is 2. The van der Waals surface area contributed by atoms with Gasteiger partial charge in [-0.05, 0) is 31.0 Å². The number of alkyl halides is 2. The van der Waals surface area contributed by atoms with E-state index in [1.54, 1.807) is 18.2 Å². The molecule has 1 heterocycles. The molecule has 0 aliphatic heterocycles. The molecule has 1 aromatic heterocycles. The van der Waals surface area contributed by atoms with Crippen molar-refractivity contribution in [1.29, 1.82) is 0 Å². The van der Waals surface area contributed by atoms with Crippen LogP contribution in [0.4, 0.5) is 8.78 Å². The molecule has 1 fully saturated rings. The summed E-state index contributed by atoms with van der Waals surface area (Å²) in [6, 6.07) is 9.11. The maximum Gasteiger partial charge on any atom is 0.282 e. The van der Waals surface area contributed by atoms with Gasteiger partial charge in [0.05, 0.1) is 10.6 Å². The zero-order chi connectivity index (χ0) is 17.2. The Hall–Kier alpha value is -1.96. The molecule has 24 heavy (non-hydrogen) atoms. The quantitative estimate of drug-likeness (QED) is 0.887. The first-order valence-electron chi connectivity index (χ1n) is 7.93. The topological polar surface area (TPSA) is 64.0 Å². The van der Waals surface area contributed by atoms with Gasteiger partial charge < -0.3 is 0 Å². The molecule has 0 unspecified atom stereocenters. The lowest BCUT2D eigenvalue weighted by atomic mass is 9.87. The summed E-state index contributed by atoms with van der Waals surface area (Å²) in [7, 11) is -3.88. The maximum absolute atomic E-state index is 13.0. The first kappa shape index (κ1) is 16.9. The van der Waals surface area contributed by atoms with E-state index in [0.717, 1.165) is 36.9 Å². The highest BCUT2D eigenvalue weighted by atomic mass is 32.2. The van der Waals surface area contributed by atoms with Gasteiger partial charge in [-0.1, -0.05) is 37.5 Å². The predicted molar refractivity (Wildman–Crippen MR) is 86.0 cm³/mol. The Morgan fingerprint density at radius 2 is 1.79 bits per heavy atom. The summed E-state index contributed by atoms with van der Waals surface area (Å²) in [5.41, 5.74) is 0.0934. The lowest BCUT2D eigenvalue weighted by Gasteiger charge is -2.22. The summed E-state index contributed by atoms with van der Waals surface area (Å²) < 4.78 is 51.0. The van der Waals surface area contributed by atoms with Crippen molar-refractivity contribution in [3.63, 3.8) is 0 Å². The molecular formula is C16H19F2N3O2S. The van der Waals surface area contributed by atoms with Crippen LogP contribution >= 0.6 is 0 Å². The summed E-state index contributed by atoms with van der Waals surface area (Å²) in [5.74, 6) is 0.0391. The molecule has 0 bridgehead atoms. The smallest absolute Gasteiger partial charge is 0.203 e. The first-order valence-corrected chi connectivity index (χ1v) is 9.41. The third-order valence-corrected chi connectivity index (χ3v) is 5.57. The van der Waals surface area contributed by atoms with Gasteiger partial charge >= 0.3 is 0 Å². The number of nitrogens with zero attached hydrogens (tertiary/aromatic N) is 2. The van der Waals surface area contributed by atoms with E-state index in [-0.39, 0.29) is 10.8 Å². The van der Waals surface area contributed by atoms with Crippen LogP contribution in [0.5, 0.6) is 0 Å². The Kier molecular flexibility index (Phi) is 4.84. The highest BCUT2D eigenvalue weighted by molar-refractivity contribution is 7.92. The number of nitrogens with one attached hydrogen (secondary N) is 1. The van der Waals surface area contributed by atoms with E-state index in [1.165, 1.54) is 18.2 Å². The third-order valence-electron chi connectivity index (χ3n) is 4.26. The second-order valence-corrected chi connectivity index (χ2v) is 7.61. The molecule has 0 saturated heterocycles. The van der Waals surface area contributed by atoms with Crippen molar-refractivity contribution < 1.29 is 17.2 Å². The van der Waals surface area contributed by atoms with Crippen LogP contribution in [0.25, 0.3) is 0 Å². The van der Waals surface area contributed by atoms with Crippen LogP contribution in [-0.4, -0.2) is 18.3 Å². The standard InChI is InChI=1S/C16H19F2N3O2S/c17-16(18)14-11-15(12-7-3-1-4-8-12)21(19-14)20-24(22,23)13-9-5-2-6-10-13/h2,5-6,9-12,16,20H,1,3-4,7-8H2. The van der Waals surface area contributed by atoms with Gasteiger partial charge in [0.15, 0.2) is 0 Å². The minimum absolute atomic E-state index is 0.0391. The van der Waals surface area contributed by atoms with Crippen LogP contribution in [0.1, 0.15) is 55.8 Å². The molecule has 5 nitrogen and oxygen atoms in total. The van der Waals surface area contributed by atoms with E-state index in [2.05, 4.69) is 9.93 Å². The molecular weight excluding hydrogens is 336 g/mol. The molecule has 3 rings (SSSR count). The van der Waals surface area contributed by atoms with Crippen molar-refractivity contribution in [2.24, 2.45) is 0 Å². The minimum Gasteiger partial charge on any atom is -0.203 e. The van der Waals surface area contributed by atoms with Crippen molar-refractivity contribution in [2.75, 3.05) is 4.83 Å². The average Bonchev–Trinajstić information content (AvgIpc) is 3.00. The number of aromatic nitrogens is 2. The summed E-state index contributed by atoms with van der Waals surface area (Å²) >= 11 is 0. The zero-order valence-corrected chi connectivity index (χ0v) is 13.8. The molecule has 1 N–H and O–H groups in total. The second kappa shape index (κ2) is 6.88. The van der Waals surface area contributed by atoms with Crippen molar-refractivity contribution in [1.82, 2.24) is 9.89 Å². The van der Waals surface area contributed by atoms with Crippen molar-refractivity contribution >= 4 is 10.0 Å². The Labute approximate surface area is 139 Å². The molecule has 130 valence electrons. The molecule has 0 atom stereocenters. The van der Waals surface area contributed by atoms with Crippen LogP contribution < -0.4 is 4.83 Å². The molecule has 0 amide bonds. The van der Waals surface area contributed by atoms with Crippen molar-refractivity contribution in [3.8, 4) is 0 Å². The highest BCUT2D eigenvalue weighted by Gasteiger charge is 2.26. The first-order chi connectivity index (χ1) is 11.5. The molecule has 2 aromatic rings. The van der Waals surface area contributed by atoms with Crippen molar-refractivity contribution in [3.05, 3.63) is 47.8 Å². The fourth-order valence-electron chi connectivity index (χ4n) is 3.05. The SMILES string of the molecule is O=S(=O)(Nn1nc(C(F)F)cc1C1CCCCC1)c1ccccc1. The normalized spacial score (nSPS) is 16.5. The number of sulfonamides is 1. The van der Waals surface area contributed by atoms with Gasteiger partial charge in [0.2, 0.25) is 0 Å². The predicted octanol–water partition coefficient (Wildman–Crippen LogP) is 3.80. The Bertz CT molecular complexity index is 785. The van der Waals surface area contributed by atoms with Crippen molar-refractivity contribution in [2.45, 2.75) is 49.3 Å². The van der Waals surface area contributed by atoms with Crippen LogP contribution in [0, 0.1) is 0 Å². The number of rotatable bonds is 5. The molecule has 1 saturated carbocycles.